The summed E-state index contributed by atoms with van der Waals surface area (Å²) >= 11 is 0. The average molecular weight is 373 g/mol. The number of fused-ring (bicyclic) bond motifs is 1. The van der Waals surface area contributed by atoms with Crippen molar-refractivity contribution in [2.24, 2.45) is 11.8 Å². The van der Waals surface area contributed by atoms with Crippen molar-refractivity contribution in [3.05, 3.63) is 17.6 Å². The molecular formula is C22H36N4O. The molecule has 2 aliphatic rings. The number of nitrogens with zero attached hydrogens (tertiary/aromatic N) is 3. The third-order valence-corrected chi connectivity index (χ3v) is 5.93. The standard InChI is InChI=1S/C22H36N4O/c1-14(27)23-17-9-8-15-12-26(13-16(15)10-17)19-11-18(21(2,3)4)24-20(25-19)22(5,6)7/h11,15-17H,8-10,12-13H2,1-7H3,(H,23,27). The molecule has 0 bridgehead atoms. The van der Waals surface area contributed by atoms with Crippen molar-refractivity contribution in [1.82, 2.24) is 15.3 Å². The third-order valence-electron chi connectivity index (χ3n) is 5.93. The number of hydrogen-bond donors (Lipinski definition) is 1. The lowest BCUT2D eigenvalue weighted by atomic mass is 9.79. The Kier molecular flexibility index (Phi) is 5.26. The number of carbonyl (C=O) groups is 1. The fourth-order valence-electron chi connectivity index (χ4n) is 4.35. The second-order valence-corrected chi connectivity index (χ2v) is 10.6. The first-order chi connectivity index (χ1) is 12.4. The summed E-state index contributed by atoms with van der Waals surface area (Å²) in [5, 5.41) is 3.12. The van der Waals surface area contributed by atoms with Gasteiger partial charge in [0.25, 0.3) is 0 Å². The van der Waals surface area contributed by atoms with Crippen molar-refractivity contribution in [2.75, 3.05) is 18.0 Å². The SMILES string of the molecule is CC(=O)NC1CCC2CN(c3cc(C(C)(C)C)nc(C(C)(C)C)n3)CC2C1. The lowest BCUT2D eigenvalue weighted by Gasteiger charge is -2.30. The molecule has 0 radical (unpaired) electrons. The van der Waals surface area contributed by atoms with Crippen LogP contribution in [0.25, 0.3) is 0 Å². The Bertz CT molecular complexity index is 669. The van der Waals surface area contributed by atoms with E-state index in [2.05, 4.69) is 57.8 Å². The van der Waals surface area contributed by atoms with E-state index in [1.807, 2.05) is 0 Å². The van der Waals surface area contributed by atoms with E-state index >= 15 is 0 Å². The van der Waals surface area contributed by atoms with Crippen LogP contribution in [0, 0.1) is 11.8 Å². The Morgan fingerprint density at radius 2 is 1.70 bits per heavy atom. The summed E-state index contributed by atoms with van der Waals surface area (Å²) in [7, 11) is 0. The van der Waals surface area contributed by atoms with Crippen LogP contribution in [0.1, 0.15) is 79.2 Å². The summed E-state index contributed by atoms with van der Waals surface area (Å²) in [4.78, 5) is 23.7. The summed E-state index contributed by atoms with van der Waals surface area (Å²) in [5.41, 5.74) is 1.04. The number of aromatic nitrogens is 2. The molecule has 1 saturated carbocycles. The van der Waals surface area contributed by atoms with Crippen LogP contribution in [-0.4, -0.2) is 35.0 Å². The van der Waals surface area contributed by atoms with E-state index in [9.17, 15) is 4.79 Å². The molecule has 1 aromatic rings. The fourth-order valence-corrected chi connectivity index (χ4v) is 4.35. The number of nitrogens with one attached hydrogen (secondary N) is 1. The van der Waals surface area contributed by atoms with E-state index in [4.69, 9.17) is 9.97 Å². The van der Waals surface area contributed by atoms with E-state index in [0.717, 1.165) is 43.3 Å². The molecule has 1 amide bonds. The number of rotatable bonds is 2. The van der Waals surface area contributed by atoms with Crippen LogP contribution < -0.4 is 10.2 Å². The minimum atomic E-state index is -0.0704. The predicted molar refractivity (Wildman–Crippen MR) is 110 cm³/mol. The van der Waals surface area contributed by atoms with E-state index < -0.39 is 0 Å². The van der Waals surface area contributed by atoms with Crippen molar-refractivity contribution in [3.8, 4) is 0 Å². The molecule has 0 spiro atoms. The Morgan fingerprint density at radius 3 is 2.30 bits per heavy atom. The van der Waals surface area contributed by atoms with Gasteiger partial charge in [-0.25, -0.2) is 9.97 Å². The Balaban J connectivity index is 1.84. The number of carbonyl (C=O) groups excluding carboxylic acids is 1. The summed E-state index contributed by atoms with van der Waals surface area (Å²) in [6, 6.07) is 2.53. The normalized spacial score (nSPS) is 26.0. The van der Waals surface area contributed by atoms with Gasteiger partial charge in [-0.1, -0.05) is 41.5 Å². The smallest absolute Gasteiger partial charge is 0.217 e. The number of anilines is 1. The molecule has 3 unspecified atom stereocenters. The van der Waals surface area contributed by atoms with Gasteiger partial charge in [0.15, 0.2) is 0 Å². The van der Waals surface area contributed by atoms with Gasteiger partial charge in [0.2, 0.25) is 5.91 Å². The molecule has 3 atom stereocenters. The molecule has 1 N–H and O–H groups in total. The second-order valence-electron chi connectivity index (χ2n) is 10.6. The molecule has 1 aliphatic carbocycles. The van der Waals surface area contributed by atoms with Gasteiger partial charge in [-0.15, -0.1) is 0 Å². The van der Waals surface area contributed by atoms with Gasteiger partial charge in [0.1, 0.15) is 11.6 Å². The van der Waals surface area contributed by atoms with Crippen molar-refractivity contribution in [2.45, 2.75) is 84.6 Å². The molecule has 5 heteroatoms. The third kappa shape index (κ3) is 4.61. The van der Waals surface area contributed by atoms with Gasteiger partial charge >= 0.3 is 0 Å². The summed E-state index contributed by atoms with van der Waals surface area (Å²) in [6.07, 6.45) is 3.37. The van der Waals surface area contributed by atoms with Gasteiger partial charge in [-0.3, -0.25) is 4.79 Å². The maximum atomic E-state index is 11.4. The second kappa shape index (κ2) is 7.06. The highest BCUT2D eigenvalue weighted by Gasteiger charge is 2.39. The van der Waals surface area contributed by atoms with Crippen molar-refractivity contribution in [3.63, 3.8) is 0 Å². The Hall–Kier alpha value is -1.65. The Morgan fingerprint density at radius 1 is 1.04 bits per heavy atom. The topological polar surface area (TPSA) is 58.1 Å². The first-order valence-electron chi connectivity index (χ1n) is 10.4. The van der Waals surface area contributed by atoms with E-state index in [1.165, 1.54) is 6.42 Å². The van der Waals surface area contributed by atoms with Gasteiger partial charge in [-0.05, 0) is 31.1 Å². The maximum Gasteiger partial charge on any atom is 0.217 e. The largest absolute Gasteiger partial charge is 0.356 e. The van der Waals surface area contributed by atoms with Crippen molar-refractivity contribution < 1.29 is 4.79 Å². The molecule has 3 rings (SSSR count). The van der Waals surface area contributed by atoms with Gasteiger partial charge in [0.05, 0.1) is 5.69 Å². The van der Waals surface area contributed by atoms with E-state index in [-0.39, 0.29) is 16.7 Å². The minimum absolute atomic E-state index is 0.000672. The molecule has 150 valence electrons. The first-order valence-corrected chi connectivity index (χ1v) is 10.4. The van der Waals surface area contributed by atoms with Crippen LogP contribution in [0.5, 0.6) is 0 Å². The molecule has 2 heterocycles. The lowest BCUT2D eigenvalue weighted by Crippen LogP contribution is -2.39. The minimum Gasteiger partial charge on any atom is -0.356 e. The first kappa shape index (κ1) is 20.1. The number of hydrogen-bond acceptors (Lipinski definition) is 4. The average Bonchev–Trinajstić information content (AvgIpc) is 2.95. The zero-order valence-corrected chi connectivity index (χ0v) is 18.1. The molecule has 2 fully saturated rings. The lowest BCUT2D eigenvalue weighted by molar-refractivity contribution is -0.120. The molecule has 5 nitrogen and oxygen atoms in total. The van der Waals surface area contributed by atoms with Crippen LogP contribution >= 0.6 is 0 Å². The van der Waals surface area contributed by atoms with Crippen LogP contribution in [-0.2, 0) is 15.6 Å². The van der Waals surface area contributed by atoms with E-state index in [0.29, 0.717) is 17.9 Å². The van der Waals surface area contributed by atoms with Gasteiger partial charge < -0.3 is 10.2 Å². The highest BCUT2D eigenvalue weighted by molar-refractivity contribution is 5.73. The monoisotopic (exact) mass is 372 g/mol. The molecule has 1 aliphatic heterocycles. The zero-order chi connectivity index (χ0) is 20.0. The van der Waals surface area contributed by atoms with Crippen LogP contribution in [0.4, 0.5) is 5.82 Å². The summed E-state index contributed by atoms with van der Waals surface area (Å²) in [6.45, 7) is 16.9. The summed E-state index contributed by atoms with van der Waals surface area (Å²) in [5.74, 6) is 3.44. The highest BCUT2D eigenvalue weighted by atomic mass is 16.1. The van der Waals surface area contributed by atoms with Gasteiger partial charge in [-0.2, -0.15) is 0 Å². The summed E-state index contributed by atoms with van der Waals surface area (Å²) < 4.78 is 0. The van der Waals surface area contributed by atoms with Gasteiger partial charge in [0, 0.05) is 43.0 Å². The fraction of sp³-hybridized carbons (Fsp3) is 0.773. The molecule has 27 heavy (non-hydrogen) atoms. The zero-order valence-electron chi connectivity index (χ0n) is 18.1. The molecule has 1 aromatic heterocycles. The molecular weight excluding hydrogens is 336 g/mol. The van der Waals surface area contributed by atoms with Crippen molar-refractivity contribution >= 4 is 11.7 Å². The van der Waals surface area contributed by atoms with Crippen molar-refractivity contribution in [1.29, 1.82) is 0 Å². The highest BCUT2D eigenvalue weighted by Crippen LogP contribution is 2.39. The number of amides is 1. The molecule has 1 saturated heterocycles. The maximum absolute atomic E-state index is 11.4. The Labute approximate surface area is 164 Å². The molecule has 0 aromatic carbocycles. The van der Waals surface area contributed by atoms with Crippen LogP contribution in [0.2, 0.25) is 0 Å². The quantitative estimate of drug-likeness (QED) is 0.857. The van der Waals surface area contributed by atoms with Crippen LogP contribution in [0.15, 0.2) is 6.07 Å². The predicted octanol–water partition coefficient (Wildman–Crippen LogP) is 3.81. The van der Waals surface area contributed by atoms with Crippen LogP contribution in [0.3, 0.4) is 0 Å². The van der Waals surface area contributed by atoms with E-state index in [1.54, 1.807) is 6.92 Å².